The average Bonchev–Trinajstić information content (AvgIpc) is 0. The van der Waals surface area contributed by atoms with Crippen molar-refractivity contribution in [1.82, 2.24) is 0 Å². The summed E-state index contributed by atoms with van der Waals surface area (Å²) in [7, 11) is 0. The molecule has 0 aromatic rings. The zero-order chi connectivity index (χ0) is 0. The van der Waals surface area contributed by atoms with Gasteiger partial charge >= 0.3 is 0 Å². The Bertz CT molecular complexity index is 6.00. The Balaban J connectivity index is 0. The minimum Gasteiger partial charge on any atom is -0.412 e. The van der Waals surface area contributed by atoms with E-state index in [9.17, 15) is 0 Å². The van der Waals surface area contributed by atoms with E-state index < -0.39 is 0 Å². The summed E-state index contributed by atoms with van der Waals surface area (Å²) in [6.07, 6.45) is 0. The van der Waals surface area contributed by atoms with Crippen LogP contribution in [0.2, 0.25) is 0 Å². The van der Waals surface area contributed by atoms with Gasteiger partial charge in [-0.15, -0.1) is 0 Å². The van der Waals surface area contributed by atoms with Gasteiger partial charge in [0, 0.05) is 34.4 Å². The van der Waals surface area contributed by atoms with E-state index in [1.807, 2.05) is 0 Å². The summed E-state index contributed by atoms with van der Waals surface area (Å²) in [6.45, 7) is 0. The second kappa shape index (κ2) is 37.1. The van der Waals surface area contributed by atoms with Crippen LogP contribution >= 0.6 is 0 Å². The van der Waals surface area contributed by atoms with Crippen LogP contribution in [0.25, 0.3) is 0 Å². The third-order valence-corrected chi connectivity index (χ3v) is 0. The summed E-state index contributed by atoms with van der Waals surface area (Å²) in [5, 5.41) is 0. The molecular weight excluding hydrogens is 139 g/mol. The van der Waals surface area contributed by atoms with Gasteiger partial charge in [-0.05, 0) is 0 Å². The molecule has 0 bridgehead atoms. The Hall–Kier alpha value is 0.972. The smallest absolute Gasteiger partial charge is 0 e. The normalized spacial score (nSPS) is 0. The average molecular weight is 143 g/mol. The Labute approximate surface area is 45.8 Å². The van der Waals surface area contributed by atoms with Crippen LogP contribution < -0.4 is 0 Å². The molecule has 0 saturated heterocycles. The van der Waals surface area contributed by atoms with Crippen LogP contribution in [0.3, 0.4) is 0 Å². The Morgan fingerprint density at radius 1 is 0.750 bits per heavy atom. The van der Waals surface area contributed by atoms with Gasteiger partial charge in [0.05, 0.1) is 0 Å². The van der Waals surface area contributed by atoms with E-state index in [0.29, 0.717) is 0 Å². The third-order valence-electron chi connectivity index (χ3n) is 0. The monoisotopic (exact) mass is 143 g/mol. The van der Waals surface area contributed by atoms with Crippen molar-refractivity contribution in [3.8, 4) is 0 Å². The molecule has 0 fully saturated rings. The molecule has 4 N–H and O–H groups in total. The van der Waals surface area contributed by atoms with Crippen molar-refractivity contribution < 1.29 is 45.4 Å². The van der Waals surface area contributed by atoms with Crippen LogP contribution in [0.1, 0.15) is 0 Å². The maximum Gasteiger partial charge on any atom is 0 e. The fourth-order valence-electron chi connectivity index (χ4n) is 0. The van der Waals surface area contributed by atoms with Crippen molar-refractivity contribution in [2.75, 3.05) is 0 Å². The summed E-state index contributed by atoms with van der Waals surface area (Å²) in [4.78, 5) is 0. The molecule has 0 spiro atoms. The van der Waals surface area contributed by atoms with Crippen molar-refractivity contribution in [1.29, 1.82) is 0 Å². The van der Waals surface area contributed by atoms with Crippen LogP contribution in [0.15, 0.2) is 0 Å². The Morgan fingerprint density at radius 3 is 0.750 bits per heavy atom. The Kier molecular flexibility index (Phi) is 771. The van der Waals surface area contributed by atoms with Gasteiger partial charge in [-0.3, -0.25) is 0 Å². The standard InChI is InChI=1S/Cr.Mn.2H2O/h;;2*1H2. The molecular formula is H4CrMnO2. The van der Waals surface area contributed by atoms with Crippen LogP contribution in [-0.2, 0) is 34.4 Å². The number of rotatable bonds is 0. The fraction of sp³-hybridized carbons (Fsp3) is 0. The molecule has 0 atom stereocenters. The van der Waals surface area contributed by atoms with Gasteiger partial charge in [0.2, 0.25) is 0 Å². The largest absolute Gasteiger partial charge is 0.412 e. The second-order valence-corrected chi connectivity index (χ2v) is 0. The predicted octanol–water partition coefficient (Wildman–Crippen LogP) is -1.65. The summed E-state index contributed by atoms with van der Waals surface area (Å²) in [6, 6.07) is 0. The van der Waals surface area contributed by atoms with Gasteiger partial charge in [-0.25, -0.2) is 0 Å². The molecule has 2 nitrogen and oxygen atoms in total. The molecule has 29 valence electrons. The maximum absolute atomic E-state index is 0. The quantitative estimate of drug-likeness (QED) is 0.364. The molecule has 0 aliphatic rings. The van der Waals surface area contributed by atoms with E-state index in [-0.39, 0.29) is 45.4 Å². The molecule has 1 radical (unpaired) electrons. The first-order chi connectivity index (χ1) is 0. The molecule has 4 heavy (non-hydrogen) atoms. The van der Waals surface area contributed by atoms with Crippen LogP contribution in [-0.4, -0.2) is 11.0 Å². The topological polar surface area (TPSA) is 63.0 Å². The summed E-state index contributed by atoms with van der Waals surface area (Å²) >= 11 is 0. The van der Waals surface area contributed by atoms with Crippen molar-refractivity contribution in [2.45, 2.75) is 0 Å². The van der Waals surface area contributed by atoms with Gasteiger partial charge in [0.1, 0.15) is 0 Å². The van der Waals surface area contributed by atoms with Crippen molar-refractivity contribution >= 4 is 0 Å². The molecule has 4 heteroatoms. The van der Waals surface area contributed by atoms with Gasteiger partial charge in [-0.2, -0.15) is 0 Å². The first-order valence-electron chi connectivity index (χ1n) is 0. The molecule has 0 aliphatic carbocycles. The van der Waals surface area contributed by atoms with Gasteiger partial charge in [0.15, 0.2) is 0 Å². The van der Waals surface area contributed by atoms with Crippen LogP contribution in [0.5, 0.6) is 0 Å². The molecule has 0 rings (SSSR count). The Morgan fingerprint density at radius 2 is 0.750 bits per heavy atom. The van der Waals surface area contributed by atoms with E-state index in [1.165, 1.54) is 0 Å². The molecule has 0 aliphatic heterocycles. The zero-order valence-electron chi connectivity index (χ0n) is 1.79. The van der Waals surface area contributed by atoms with Crippen LogP contribution in [0, 0.1) is 0 Å². The van der Waals surface area contributed by atoms with Gasteiger partial charge < -0.3 is 11.0 Å². The third kappa shape index (κ3) is 12.2. The first-order valence-corrected chi connectivity index (χ1v) is 0. The maximum atomic E-state index is 0. The number of hydrogen-bond acceptors (Lipinski definition) is 0. The zero-order valence-corrected chi connectivity index (χ0v) is 4.24. The molecule has 0 heterocycles. The fourth-order valence-corrected chi connectivity index (χ4v) is 0. The second-order valence-electron chi connectivity index (χ2n) is 0. The van der Waals surface area contributed by atoms with Gasteiger partial charge in [-0.1, -0.05) is 0 Å². The SMILES string of the molecule is O.O.[Cr].[Mn]. The van der Waals surface area contributed by atoms with Crippen LogP contribution in [0.4, 0.5) is 0 Å². The molecule has 0 saturated carbocycles. The summed E-state index contributed by atoms with van der Waals surface area (Å²) < 4.78 is 0. The van der Waals surface area contributed by atoms with E-state index in [4.69, 9.17) is 0 Å². The van der Waals surface area contributed by atoms with Crippen molar-refractivity contribution in [2.24, 2.45) is 0 Å². The summed E-state index contributed by atoms with van der Waals surface area (Å²) in [5.74, 6) is 0. The predicted molar refractivity (Wildman–Crippen MR) is 7.23 cm³/mol. The first kappa shape index (κ1) is 83.0. The van der Waals surface area contributed by atoms with Crippen molar-refractivity contribution in [3.05, 3.63) is 0 Å². The molecule has 0 aromatic carbocycles. The van der Waals surface area contributed by atoms with E-state index in [1.54, 1.807) is 0 Å². The minimum atomic E-state index is 0. The van der Waals surface area contributed by atoms with E-state index >= 15 is 0 Å². The summed E-state index contributed by atoms with van der Waals surface area (Å²) in [5.41, 5.74) is 0. The molecule has 0 unspecified atom stereocenters. The van der Waals surface area contributed by atoms with Crippen molar-refractivity contribution in [3.63, 3.8) is 0 Å². The number of hydrogen-bond donors (Lipinski definition) is 0. The molecule has 0 aromatic heterocycles. The van der Waals surface area contributed by atoms with E-state index in [0.717, 1.165) is 0 Å². The minimum absolute atomic E-state index is 0. The van der Waals surface area contributed by atoms with E-state index in [2.05, 4.69) is 0 Å². The molecule has 0 amide bonds. The van der Waals surface area contributed by atoms with Gasteiger partial charge in [0.25, 0.3) is 0 Å².